The molecule has 0 atom stereocenters. The lowest BCUT2D eigenvalue weighted by molar-refractivity contribution is -0.138. The van der Waals surface area contributed by atoms with Crippen molar-refractivity contribution in [3.8, 4) is 0 Å². The minimum Gasteiger partial charge on any atom is -0.356 e. The number of nitrogens with one attached hydrogen (secondary N) is 1. The van der Waals surface area contributed by atoms with Crippen LogP contribution in [0.3, 0.4) is 0 Å². The summed E-state index contributed by atoms with van der Waals surface area (Å²) in [6.07, 6.45) is -3.39. The lowest BCUT2D eigenvalue weighted by atomic mass is 10.3. The topological polar surface area (TPSA) is 73.5 Å². The third kappa shape index (κ3) is 4.42. The van der Waals surface area contributed by atoms with E-state index in [9.17, 15) is 26.4 Å². The van der Waals surface area contributed by atoms with Gasteiger partial charge in [0, 0.05) is 37.8 Å². The van der Waals surface area contributed by atoms with Crippen molar-refractivity contribution in [1.29, 1.82) is 0 Å². The normalized spacial score (nSPS) is 17.2. The summed E-state index contributed by atoms with van der Waals surface area (Å²) < 4.78 is 63.1. The summed E-state index contributed by atoms with van der Waals surface area (Å²) in [6, 6.07) is 1.08. The van der Waals surface area contributed by atoms with Gasteiger partial charge in [0.2, 0.25) is 10.0 Å². The number of sulfonamides is 1. The van der Waals surface area contributed by atoms with Gasteiger partial charge >= 0.3 is 6.18 Å². The molecule has 1 aromatic rings. The zero-order valence-electron chi connectivity index (χ0n) is 12.3. The quantitative estimate of drug-likeness (QED) is 0.868. The molecule has 11 heteroatoms. The smallest absolute Gasteiger partial charge is 0.356 e. The van der Waals surface area contributed by atoms with Crippen molar-refractivity contribution in [3.05, 3.63) is 18.0 Å². The van der Waals surface area contributed by atoms with Gasteiger partial charge in [0.05, 0.1) is 0 Å². The second-order valence-electron chi connectivity index (χ2n) is 5.04. The van der Waals surface area contributed by atoms with Gasteiger partial charge in [0.1, 0.15) is 17.1 Å². The summed E-state index contributed by atoms with van der Waals surface area (Å²) in [5.74, 6) is 0.450. The van der Waals surface area contributed by atoms with E-state index in [-0.39, 0.29) is 10.6 Å². The minimum atomic E-state index is -4.52. The van der Waals surface area contributed by atoms with Gasteiger partial charge in [-0.3, -0.25) is 4.79 Å². The van der Waals surface area contributed by atoms with Gasteiger partial charge in [-0.15, -0.1) is 0 Å². The Balaban J connectivity index is 2.15. The Morgan fingerprint density at radius 3 is 2.57 bits per heavy atom. The molecule has 0 unspecified atom stereocenters. The van der Waals surface area contributed by atoms with Crippen LogP contribution in [0.2, 0.25) is 0 Å². The van der Waals surface area contributed by atoms with E-state index in [1.165, 1.54) is 4.31 Å². The number of thioether (sulfide) groups is 1. The van der Waals surface area contributed by atoms with Crippen LogP contribution < -0.4 is 0 Å². The number of nitrogens with zero attached hydrogens (tertiary/aromatic N) is 2. The molecule has 130 valence electrons. The number of carbonyl (C=O) groups excluding carboxylic acids is 1. The average Bonchev–Trinajstić information content (AvgIpc) is 2.96. The van der Waals surface area contributed by atoms with Gasteiger partial charge < -0.3 is 9.88 Å². The molecule has 1 fully saturated rings. The van der Waals surface area contributed by atoms with Crippen molar-refractivity contribution in [3.63, 3.8) is 0 Å². The van der Waals surface area contributed by atoms with Gasteiger partial charge in [-0.05, 0) is 6.07 Å². The number of amides is 1. The largest absolute Gasteiger partial charge is 0.406 e. The molecule has 0 radical (unpaired) electrons. The Kier molecular flexibility index (Phi) is 5.31. The number of hydrogen-bond acceptors (Lipinski definition) is 4. The Morgan fingerprint density at radius 2 is 2.00 bits per heavy atom. The van der Waals surface area contributed by atoms with Crippen molar-refractivity contribution >= 4 is 27.7 Å². The molecule has 0 aliphatic carbocycles. The highest BCUT2D eigenvalue weighted by molar-refractivity contribution is 7.99. The summed E-state index contributed by atoms with van der Waals surface area (Å²) in [6.45, 7) is -0.666. The van der Waals surface area contributed by atoms with Gasteiger partial charge in [-0.1, -0.05) is 0 Å². The first-order chi connectivity index (χ1) is 10.6. The minimum absolute atomic E-state index is 0.117. The van der Waals surface area contributed by atoms with E-state index < -0.39 is 28.7 Å². The molecule has 6 nitrogen and oxygen atoms in total. The molecule has 2 heterocycles. The molecule has 1 N–H and O–H groups in total. The number of carbonyl (C=O) groups is 1. The summed E-state index contributed by atoms with van der Waals surface area (Å²) in [5.41, 5.74) is -0.193. The number of hydrogen-bond donors (Lipinski definition) is 1. The molecule has 1 amide bonds. The van der Waals surface area contributed by atoms with E-state index in [4.69, 9.17) is 0 Å². The first-order valence-corrected chi connectivity index (χ1v) is 9.29. The van der Waals surface area contributed by atoms with Crippen molar-refractivity contribution in [2.24, 2.45) is 0 Å². The Bertz CT molecular complexity index is 667. The summed E-state index contributed by atoms with van der Waals surface area (Å²) >= 11 is 1.65. The van der Waals surface area contributed by atoms with Gasteiger partial charge in [0.25, 0.3) is 5.91 Å². The van der Waals surface area contributed by atoms with Crippen LogP contribution in [0.25, 0.3) is 0 Å². The molecule has 1 aliphatic rings. The Hall–Kier alpha value is -1.20. The second kappa shape index (κ2) is 6.73. The number of aromatic nitrogens is 1. The third-order valence-corrected chi connectivity index (χ3v) is 6.08. The average molecular weight is 371 g/mol. The van der Waals surface area contributed by atoms with Gasteiger partial charge in [0.15, 0.2) is 0 Å². The number of rotatable bonds is 4. The van der Waals surface area contributed by atoms with Crippen molar-refractivity contribution in [2.45, 2.75) is 11.1 Å². The highest BCUT2D eigenvalue weighted by atomic mass is 32.2. The highest BCUT2D eigenvalue weighted by Crippen LogP contribution is 2.22. The van der Waals surface area contributed by atoms with Crippen LogP contribution >= 0.6 is 11.8 Å². The van der Waals surface area contributed by atoms with Crippen LogP contribution in [-0.4, -0.2) is 72.9 Å². The maximum atomic E-state index is 12.4. The molecule has 1 aromatic heterocycles. The van der Waals surface area contributed by atoms with Crippen LogP contribution in [0.5, 0.6) is 0 Å². The maximum Gasteiger partial charge on any atom is 0.406 e. The van der Waals surface area contributed by atoms with Crippen LogP contribution in [0.4, 0.5) is 13.2 Å². The SMILES string of the molecule is CN(CC(F)(F)F)C(=O)c1cc(S(=O)(=O)N2CCSCC2)c[nH]1. The lowest BCUT2D eigenvalue weighted by Crippen LogP contribution is -2.37. The first-order valence-electron chi connectivity index (χ1n) is 6.70. The summed E-state index contributed by atoms with van der Waals surface area (Å²) in [5, 5.41) is 0. The predicted molar refractivity (Wildman–Crippen MR) is 79.9 cm³/mol. The number of H-pyrrole nitrogens is 1. The van der Waals surface area contributed by atoms with E-state index in [1.807, 2.05) is 0 Å². The van der Waals surface area contributed by atoms with Crippen LogP contribution in [0, 0.1) is 0 Å². The monoisotopic (exact) mass is 371 g/mol. The molecule has 2 rings (SSSR count). The van der Waals surface area contributed by atoms with E-state index in [0.717, 1.165) is 19.3 Å². The number of aromatic amines is 1. The molecule has 0 spiro atoms. The van der Waals surface area contributed by atoms with E-state index in [0.29, 0.717) is 29.5 Å². The van der Waals surface area contributed by atoms with E-state index in [1.54, 1.807) is 11.8 Å². The van der Waals surface area contributed by atoms with Crippen LogP contribution in [0.1, 0.15) is 10.5 Å². The van der Waals surface area contributed by atoms with Gasteiger partial charge in [-0.2, -0.15) is 29.2 Å². The number of halogens is 3. The Morgan fingerprint density at radius 1 is 1.39 bits per heavy atom. The summed E-state index contributed by atoms with van der Waals surface area (Å²) in [4.78, 5) is 14.7. The third-order valence-electron chi connectivity index (χ3n) is 3.26. The van der Waals surface area contributed by atoms with Crippen molar-refractivity contribution in [2.75, 3.05) is 38.2 Å². The summed E-state index contributed by atoms with van der Waals surface area (Å²) in [7, 11) is -2.73. The second-order valence-corrected chi connectivity index (χ2v) is 8.20. The molecule has 1 saturated heterocycles. The first kappa shape index (κ1) is 18.1. The molecule has 0 saturated carbocycles. The fourth-order valence-corrected chi connectivity index (χ4v) is 4.70. The molecular weight excluding hydrogens is 355 g/mol. The zero-order chi connectivity index (χ0) is 17.3. The molecular formula is C12H16F3N3O3S2. The highest BCUT2D eigenvalue weighted by Gasteiger charge is 2.33. The van der Waals surface area contributed by atoms with Crippen LogP contribution in [-0.2, 0) is 10.0 Å². The number of alkyl halides is 3. The van der Waals surface area contributed by atoms with Crippen molar-refractivity contribution < 1.29 is 26.4 Å². The Labute approximate surface area is 136 Å². The predicted octanol–water partition coefficient (Wildman–Crippen LogP) is 1.39. The zero-order valence-corrected chi connectivity index (χ0v) is 13.9. The maximum absolute atomic E-state index is 12.4. The molecule has 0 bridgehead atoms. The van der Waals surface area contributed by atoms with Crippen molar-refractivity contribution in [1.82, 2.24) is 14.2 Å². The molecule has 0 aromatic carbocycles. The lowest BCUT2D eigenvalue weighted by Gasteiger charge is -2.24. The van der Waals surface area contributed by atoms with E-state index >= 15 is 0 Å². The van der Waals surface area contributed by atoms with Gasteiger partial charge in [-0.25, -0.2) is 8.42 Å². The fourth-order valence-electron chi connectivity index (χ4n) is 2.13. The molecule has 1 aliphatic heterocycles. The molecule has 23 heavy (non-hydrogen) atoms. The van der Waals surface area contributed by atoms with E-state index in [2.05, 4.69) is 4.98 Å². The fraction of sp³-hybridized carbons (Fsp3) is 0.583. The standard InChI is InChI=1S/C12H16F3N3O3S2/c1-17(8-12(13,14)15)11(19)10-6-9(7-16-10)23(20,21)18-2-4-22-5-3-18/h6-7,16H,2-5,8H2,1H3. The van der Waals surface area contributed by atoms with Crippen LogP contribution in [0.15, 0.2) is 17.2 Å².